The van der Waals surface area contributed by atoms with Gasteiger partial charge in [0, 0.05) is 29.6 Å². The maximum atomic E-state index is 14.2. The van der Waals surface area contributed by atoms with Crippen LogP contribution in [0.1, 0.15) is 55.1 Å². The number of hydrogen-bond donors (Lipinski definition) is 2. The Morgan fingerprint density at radius 3 is 2.56 bits per heavy atom. The van der Waals surface area contributed by atoms with Gasteiger partial charge in [0.15, 0.2) is 11.6 Å². The number of nitrogens with one attached hydrogen (secondary N) is 2. The van der Waals surface area contributed by atoms with E-state index in [4.69, 9.17) is 11.6 Å². The largest absolute Gasteiger partial charge is 0.355 e. The first-order chi connectivity index (χ1) is 17.2. The van der Waals surface area contributed by atoms with Crippen LogP contribution in [0.15, 0.2) is 53.8 Å². The Kier molecular flexibility index (Phi) is 9.79. The molecule has 0 saturated carbocycles. The van der Waals surface area contributed by atoms with Gasteiger partial charge in [-0.05, 0) is 88.1 Å². The van der Waals surface area contributed by atoms with Crippen LogP contribution in [0.4, 0.5) is 14.5 Å². The Morgan fingerprint density at radius 2 is 1.89 bits per heavy atom. The monoisotopic (exact) mass is 514 g/mol. The molecular formula is C28H33ClF2N4O. The van der Waals surface area contributed by atoms with Crippen LogP contribution in [0.2, 0.25) is 5.02 Å². The van der Waals surface area contributed by atoms with E-state index in [-0.39, 0.29) is 16.5 Å². The summed E-state index contributed by atoms with van der Waals surface area (Å²) in [4.78, 5) is 19.4. The number of aryl methyl sites for hydroxylation is 1. The molecule has 2 aromatic rings. The van der Waals surface area contributed by atoms with Crippen molar-refractivity contribution in [3.63, 3.8) is 0 Å². The Morgan fingerprint density at radius 1 is 1.17 bits per heavy atom. The van der Waals surface area contributed by atoms with E-state index in [2.05, 4.69) is 27.1 Å². The summed E-state index contributed by atoms with van der Waals surface area (Å²) in [6.07, 6.45) is 4.38. The number of hydrogen-bond acceptors (Lipinski definition) is 4. The van der Waals surface area contributed by atoms with Gasteiger partial charge in [0.1, 0.15) is 0 Å². The van der Waals surface area contributed by atoms with Crippen LogP contribution < -0.4 is 10.6 Å². The third kappa shape index (κ3) is 7.02. The standard InChI is InChI=1S/C28H33ClF2N4O/c1-5-21-16-22(8-9-24(21)28(36)32-12-6-13-35-14-7-15-35)34-20(4)19(3)33-17-18(2)23-10-11-25(29)27(31)26(23)30/h8-11,16-17,34H,4-7,12-15H2,1-3H3,(H,32,36)/b18-17+,33-19?. The van der Waals surface area contributed by atoms with Crippen molar-refractivity contribution in [1.29, 1.82) is 0 Å². The molecule has 0 aromatic heterocycles. The van der Waals surface area contributed by atoms with E-state index in [9.17, 15) is 13.6 Å². The Labute approximate surface area is 216 Å². The lowest BCUT2D eigenvalue weighted by Crippen LogP contribution is -2.39. The minimum Gasteiger partial charge on any atom is -0.355 e. The third-order valence-corrected chi connectivity index (χ3v) is 6.55. The summed E-state index contributed by atoms with van der Waals surface area (Å²) in [7, 11) is 0. The SMILES string of the molecule is C=C(Nc1ccc(C(=O)NCCCN2CCC2)c(CC)c1)C(C)=N/C=C(\C)c1ccc(Cl)c(F)c1F. The Balaban J connectivity index is 1.61. The molecule has 1 fully saturated rings. The number of rotatable bonds is 11. The number of nitrogens with zero attached hydrogens (tertiary/aromatic N) is 2. The summed E-state index contributed by atoms with van der Waals surface area (Å²) in [5.41, 5.74) is 4.04. The van der Waals surface area contributed by atoms with Gasteiger partial charge >= 0.3 is 0 Å². The molecule has 192 valence electrons. The molecule has 0 atom stereocenters. The van der Waals surface area contributed by atoms with Gasteiger partial charge in [0.2, 0.25) is 0 Å². The number of halogens is 3. The molecule has 0 spiro atoms. The number of benzene rings is 2. The van der Waals surface area contributed by atoms with Crippen LogP contribution in [0.5, 0.6) is 0 Å². The molecule has 1 amide bonds. The minimum atomic E-state index is -1.08. The molecule has 1 aliphatic heterocycles. The lowest BCUT2D eigenvalue weighted by atomic mass is 10.0. The fourth-order valence-electron chi connectivity index (χ4n) is 3.83. The van der Waals surface area contributed by atoms with Gasteiger partial charge in [-0.2, -0.15) is 0 Å². The minimum absolute atomic E-state index is 0.0648. The highest BCUT2D eigenvalue weighted by molar-refractivity contribution is 6.30. The van der Waals surface area contributed by atoms with Gasteiger partial charge in [0.25, 0.3) is 5.91 Å². The molecule has 36 heavy (non-hydrogen) atoms. The normalized spacial score (nSPS) is 14.4. The maximum Gasteiger partial charge on any atom is 0.251 e. The van der Waals surface area contributed by atoms with Gasteiger partial charge in [0.05, 0.1) is 16.4 Å². The fraction of sp³-hybridized carbons (Fsp3) is 0.357. The first-order valence-electron chi connectivity index (χ1n) is 12.2. The summed E-state index contributed by atoms with van der Waals surface area (Å²) >= 11 is 5.63. The molecular weight excluding hydrogens is 482 g/mol. The Bertz CT molecular complexity index is 1190. The van der Waals surface area contributed by atoms with E-state index in [1.54, 1.807) is 13.8 Å². The highest BCUT2D eigenvalue weighted by atomic mass is 35.5. The number of carbonyl (C=O) groups is 1. The predicted octanol–water partition coefficient (Wildman–Crippen LogP) is 6.45. The molecule has 8 heteroatoms. The van der Waals surface area contributed by atoms with Crippen LogP contribution >= 0.6 is 11.6 Å². The lowest BCUT2D eigenvalue weighted by Gasteiger charge is -2.30. The number of amides is 1. The van der Waals surface area contributed by atoms with Crippen LogP contribution in [0, 0.1) is 11.6 Å². The van der Waals surface area contributed by atoms with Crippen molar-refractivity contribution >= 4 is 34.5 Å². The summed E-state index contributed by atoms with van der Waals surface area (Å²) in [5, 5.41) is 5.96. The van der Waals surface area contributed by atoms with Gasteiger partial charge in [-0.15, -0.1) is 0 Å². The first kappa shape index (κ1) is 27.6. The number of likely N-dealkylation sites (tertiary alicyclic amines) is 1. The van der Waals surface area contributed by atoms with E-state index < -0.39 is 11.6 Å². The summed E-state index contributed by atoms with van der Waals surface area (Å²) in [5.74, 6) is -2.15. The predicted molar refractivity (Wildman–Crippen MR) is 145 cm³/mol. The molecule has 0 unspecified atom stereocenters. The van der Waals surface area contributed by atoms with E-state index in [0.29, 0.717) is 35.5 Å². The van der Waals surface area contributed by atoms with Crippen molar-refractivity contribution in [2.45, 2.75) is 40.0 Å². The smallest absolute Gasteiger partial charge is 0.251 e. The van der Waals surface area contributed by atoms with Crippen molar-refractivity contribution in [2.75, 3.05) is 31.5 Å². The van der Waals surface area contributed by atoms with E-state index >= 15 is 0 Å². The van der Waals surface area contributed by atoms with E-state index in [0.717, 1.165) is 37.3 Å². The molecule has 1 saturated heterocycles. The molecule has 2 aromatic carbocycles. The number of anilines is 1. The highest BCUT2D eigenvalue weighted by Gasteiger charge is 2.15. The zero-order valence-electron chi connectivity index (χ0n) is 21.1. The van der Waals surface area contributed by atoms with Crippen molar-refractivity contribution in [3.8, 4) is 0 Å². The quantitative estimate of drug-likeness (QED) is 0.206. The van der Waals surface area contributed by atoms with Gasteiger partial charge in [-0.1, -0.05) is 31.2 Å². The van der Waals surface area contributed by atoms with Gasteiger partial charge < -0.3 is 15.5 Å². The lowest BCUT2D eigenvalue weighted by molar-refractivity contribution is 0.0948. The number of allylic oxidation sites excluding steroid dienone is 2. The number of carbonyl (C=O) groups excluding carboxylic acids is 1. The topological polar surface area (TPSA) is 56.7 Å². The number of aliphatic imine (C=N–C) groups is 1. The van der Waals surface area contributed by atoms with Crippen molar-refractivity contribution in [2.24, 2.45) is 4.99 Å². The summed E-state index contributed by atoms with van der Waals surface area (Å²) in [6, 6.07) is 8.31. The average Bonchev–Trinajstić information content (AvgIpc) is 2.84. The molecule has 3 rings (SSSR count). The van der Waals surface area contributed by atoms with Crippen LogP contribution in [0.25, 0.3) is 5.57 Å². The molecule has 5 nitrogen and oxygen atoms in total. The molecule has 2 N–H and O–H groups in total. The van der Waals surface area contributed by atoms with Crippen molar-refractivity contribution in [1.82, 2.24) is 10.2 Å². The fourth-order valence-corrected chi connectivity index (χ4v) is 3.97. The highest BCUT2D eigenvalue weighted by Crippen LogP contribution is 2.25. The van der Waals surface area contributed by atoms with E-state index in [1.165, 1.54) is 24.8 Å². The molecule has 0 radical (unpaired) electrons. The second-order valence-electron chi connectivity index (χ2n) is 8.88. The zero-order valence-corrected chi connectivity index (χ0v) is 21.8. The van der Waals surface area contributed by atoms with Gasteiger partial charge in [-0.3, -0.25) is 9.79 Å². The third-order valence-electron chi connectivity index (χ3n) is 6.26. The zero-order chi connectivity index (χ0) is 26.2. The maximum absolute atomic E-state index is 14.2. The van der Waals surface area contributed by atoms with Crippen LogP contribution in [-0.4, -0.2) is 42.7 Å². The molecule has 0 bridgehead atoms. The summed E-state index contributed by atoms with van der Waals surface area (Å²) in [6.45, 7) is 13.4. The average molecular weight is 515 g/mol. The van der Waals surface area contributed by atoms with Crippen molar-refractivity contribution in [3.05, 3.63) is 82.2 Å². The second-order valence-corrected chi connectivity index (χ2v) is 9.29. The summed E-state index contributed by atoms with van der Waals surface area (Å²) < 4.78 is 27.9. The van der Waals surface area contributed by atoms with Crippen molar-refractivity contribution < 1.29 is 13.6 Å². The molecule has 1 aliphatic rings. The van der Waals surface area contributed by atoms with E-state index in [1.807, 2.05) is 25.1 Å². The molecule has 1 heterocycles. The van der Waals surface area contributed by atoms with Crippen LogP contribution in [0.3, 0.4) is 0 Å². The Hall–Kier alpha value is -3.03. The second kappa shape index (κ2) is 12.8. The van der Waals surface area contributed by atoms with Gasteiger partial charge in [-0.25, -0.2) is 8.78 Å². The molecule has 0 aliphatic carbocycles. The first-order valence-corrected chi connectivity index (χ1v) is 12.5. The van der Waals surface area contributed by atoms with Crippen LogP contribution in [-0.2, 0) is 6.42 Å².